The van der Waals surface area contributed by atoms with Crippen molar-refractivity contribution in [2.45, 2.75) is 26.8 Å². The highest BCUT2D eigenvalue weighted by atomic mass is 16.5. The van der Waals surface area contributed by atoms with Gasteiger partial charge in [-0.25, -0.2) is 0 Å². The number of amides is 1. The lowest BCUT2D eigenvalue weighted by Gasteiger charge is -2.17. The third-order valence-corrected chi connectivity index (χ3v) is 3.65. The van der Waals surface area contributed by atoms with Crippen molar-refractivity contribution in [3.63, 3.8) is 0 Å². The lowest BCUT2D eigenvalue weighted by atomic mass is 10.1. The van der Waals surface area contributed by atoms with Gasteiger partial charge >= 0.3 is 0 Å². The normalized spacial score (nSPS) is 11.7. The molecule has 2 aromatic rings. The molecule has 4 heteroatoms. The van der Waals surface area contributed by atoms with E-state index in [1.165, 1.54) is 0 Å². The molecule has 0 spiro atoms. The van der Waals surface area contributed by atoms with Crippen molar-refractivity contribution in [1.29, 1.82) is 0 Å². The Hall–Kier alpha value is -2.49. The molecule has 0 aliphatic heterocycles. The summed E-state index contributed by atoms with van der Waals surface area (Å²) in [5.41, 5.74) is 2.75. The van der Waals surface area contributed by atoms with Crippen LogP contribution in [0.4, 0.5) is 0 Å². The topological polar surface area (TPSA) is 47.6 Å². The minimum Gasteiger partial charge on any atom is -0.493 e. The molecule has 122 valence electrons. The predicted octanol–water partition coefficient (Wildman–Crippen LogP) is 3.89. The van der Waals surface area contributed by atoms with E-state index < -0.39 is 0 Å². The van der Waals surface area contributed by atoms with Crippen molar-refractivity contribution in [2.24, 2.45) is 0 Å². The summed E-state index contributed by atoms with van der Waals surface area (Å²) in [6.45, 7) is 6.45. The largest absolute Gasteiger partial charge is 0.493 e. The Kier molecular flexibility index (Phi) is 5.63. The first-order chi connectivity index (χ1) is 11.0. The van der Waals surface area contributed by atoms with E-state index in [0.717, 1.165) is 11.1 Å². The number of ether oxygens (including phenoxy) is 2. The Morgan fingerprint density at radius 1 is 1.13 bits per heavy atom. The lowest BCUT2D eigenvalue weighted by Crippen LogP contribution is -2.26. The maximum absolute atomic E-state index is 12.3. The highest BCUT2D eigenvalue weighted by Gasteiger charge is 2.14. The molecule has 1 atom stereocenters. The van der Waals surface area contributed by atoms with Crippen LogP contribution in [0.15, 0.2) is 42.5 Å². The van der Waals surface area contributed by atoms with Crippen LogP contribution in [-0.2, 0) is 0 Å². The molecule has 0 aliphatic carbocycles. The Morgan fingerprint density at radius 2 is 1.83 bits per heavy atom. The zero-order valence-corrected chi connectivity index (χ0v) is 14.1. The molecule has 0 aromatic heterocycles. The van der Waals surface area contributed by atoms with Gasteiger partial charge in [0.25, 0.3) is 5.91 Å². The Bertz CT molecular complexity index is 665. The van der Waals surface area contributed by atoms with Gasteiger partial charge in [0.2, 0.25) is 0 Å². The van der Waals surface area contributed by atoms with E-state index in [2.05, 4.69) is 5.32 Å². The number of hydrogen-bond donors (Lipinski definition) is 1. The van der Waals surface area contributed by atoms with Gasteiger partial charge in [-0.2, -0.15) is 0 Å². The third kappa shape index (κ3) is 4.25. The van der Waals surface area contributed by atoms with E-state index >= 15 is 0 Å². The summed E-state index contributed by atoms with van der Waals surface area (Å²) in [5, 5.41) is 3.00. The minimum atomic E-state index is -0.131. The average Bonchev–Trinajstić information content (AvgIpc) is 2.55. The number of carbonyl (C=O) groups excluding carboxylic acids is 1. The summed E-state index contributed by atoms with van der Waals surface area (Å²) in [4.78, 5) is 12.3. The van der Waals surface area contributed by atoms with Gasteiger partial charge in [0.05, 0.1) is 19.8 Å². The van der Waals surface area contributed by atoms with E-state index in [1.807, 2.05) is 63.2 Å². The van der Waals surface area contributed by atoms with Crippen LogP contribution in [0.25, 0.3) is 0 Å². The van der Waals surface area contributed by atoms with Crippen LogP contribution in [-0.4, -0.2) is 19.6 Å². The molecule has 2 aromatic carbocycles. The molecule has 4 nitrogen and oxygen atoms in total. The monoisotopic (exact) mass is 313 g/mol. The number of nitrogens with one attached hydrogen (secondary N) is 1. The van der Waals surface area contributed by atoms with E-state index in [0.29, 0.717) is 23.7 Å². The van der Waals surface area contributed by atoms with Crippen molar-refractivity contribution < 1.29 is 14.3 Å². The Morgan fingerprint density at radius 3 is 2.43 bits per heavy atom. The van der Waals surface area contributed by atoms with Crippen LogP contribution >= 0.6 is 0 Å². The van der Waals surface area contributed by atoms with Crippen molar-refractivity contribution in [2.75, 3.05) is 13.7 Å². The number of benzene rings is 2. The molecule has 0 aliphatic rings. The van der Waals surface area contributed by atoms with Gasteiger partial charge in [-0.3, -0.25) is 4.79 Å². The maximum atomic E-state index is 12.3. The van der Waals surface area contributed by atoms with Gasteiger partial charge < -0.3 is 14.8 Å². The number of methoxy groups -OCH3 is 1. The molecule has 1 amide bonds. The SMILES string of the molecule is CCOc1ccc(C(C)NC(=O)c2ccc(C)cc2)cc1OC. The van der Waals surface area contributed by atoms with Crippen LogP contribution in [0.2, 0.25) is 0 Å². The minimum absolute atomic E-state index is 0.0923. The molecule has 1 unspecified atom stereocenters. The first-order valence-electron chi connectivity index (χ1n) is 7.73. The first kappa shape index (κ1) is 16.9. The molecule has 0 radical (unpaired) electrons. The smallest absolute Gasteiger partial charge is 0.251 e. The van der Waals surface area contributed by atoms with Crippen LogP contribution in [0.1, 0.15) is 41.4 Å². The van der Waals surface area contributed by atoms with Gasteiger partial charge in [-0.05, 0) is 50.6 Å². The molecule has 0 heterocycles. The summed E-state index contributed by atoms with van der Waals surface area (Å²) in [6, 6.07) is 13.1. The fourth-order valence-corrected chi connectivity index (χ4v) is 2.30. The predicted molar refractivity (Wildman–Crippen MR) is 91.2 cm³/mol. The molecule has 0 saturated heterocycles. The third-order valence-electron chi connectivity index (χ3n) is 3.65. The number of rotatable bonds is 6. The highest BCUT2D eigenvalue weighted by molar-refractivity contribution is 5.94. The van der Waals surface area contributed by atoms with Crippen LogP contribution in [0.3, 0.4) is 0 Å². The van der Waals surface area contributed by atoms with Crippen molar-refractivity contribution in [1.82, 2.24) is 5.32 Å². The van der Waals surface area contributed by atoms with Crippen molar-refractivity contribution >= 4 is 5.91 Å². The quantitative estimate of drug-likeness (QED) is 0.880. The summed E-state index contributed by atoms with van der Waals surface area (Å²) in [6.07, 6.45) is 0. The summed E-state index contributed by atoms with van der Waals surface area (Å²) >= 11 is 0. The molecule has 23 heavy (non-hydrogen) atoms. The molecule has 0 bridgehead atoms. The summed E-state index contributed by atoms with van der Waals surface area (Å²) in [5.74, 6) is 1.28. The second-order valence-corrected chi connectivity index (χ2v) is 5.40. The number of carbonyl (C=O) groups is 1. The average molecular weight is 313 g/mol. The van der Waals surface area contributed by atoms with Gasteiger partial charge in [-0.15, -0.1) is 0 Å². The summed E-state index contributed by atoms with van der Waals surface area (Å²) < 4.78 is 10.9. The van der Waals surface area contributed by atoms with E-state index in [-0.39, 0.29) is 11.9 Å². The molecular formula is C19H23NO3. The van der Waals surface area contributed by atoms with Gasteiger partial charge in [0.15, 0.2) is 11.5 Å². The Labute approximate surface area is 137 Å². The van der Waals surface area contributed by atoms with Crippen molar-refractivity contribution in [3.8, 4) is 11.5 Å². The number of hydrogen-bond acceptors (Lipinski definition) is 3. The number of aryl methyl sites for hydroxylation is 1. The van der Waals surface area contributed by atoms with Crippen LogP contribution < -0.4 is 14.8 Å². The molecular weight excluding hydrogens is 290 g/mol. The van der Waals surface area contributed by atoms with Gasteiger partial charge in [0, 0.05) is 5.56 Å². The summed E-state index contributed by atoms with van der Waals surface area (Å²) in [7, 11) is 1.61. The van der Waals surface area contributed by atoms with E-state index in [1.54, 1.807) is 7.11 Å². The van der Waals surface area contributed by atoms with Crippen LogP contribution in [0, 0.1) is 6.92 Å². The highest BCUT2D eigenvalue weighted by Crippen LogP contribution is 2.30. The maximum Gasteiger partial charge on any atom is 0.251 e. The van der Waals surface area contributed by atoms with E-state index in [9.17, 15) is 4.79 Å². The zero-order chi connectivity index (χ0) is 16.8. The van der Waals surface area contributed by atoms with Gasteiger partial charge in [0.1, 0.15) is 0 Å². The molecule has 0 fully saturated rings. The lowest BCUT2D eigenvalue weighted by molar-refractivity contribution is 0.0940. The van der Waals surface area contributed by atoms with Gasteiger partial charge in [-0.1, -0.05) is 23.8 Å². The first-order valence-corrected chi connectivity index (χ1v) is 7.73. The second kappa shape index (κ2) is 7.68. The molecule has 0 saturated carbocycles. The van der Waals surface area contributed by atoms with Crippen LogP contribution in [0.5, 0.6) is 11.5 Å². The zero-order valence-electron chi connectivity index (χ0n) is 14.1. The fourth-order valence-electron chi connectivity index (χ4n) is 2.30. The Balaban J connectivity index is 2.12. The van der Waals surface area contributed by atoms with Crippen molar-refractivity contribution in [3.05, 3.63) is 59.2 Å². The van der Waals surface area contributed by atoms with E-state index in [4.69, 9.17) is 9.47 Å². The second-order valence-electron chi connectivity index (χ2n) is 5.40. The fraction of sp³-hybridized carbons (Fsp3) is 0.316. The standard InChI is InChI=1S/C19H23NO3/c1-5-23-17-11-10-16(12-18(17)22-4)14(3)20-19(21)15-8-6-13(2)7-9-15/h6-12,14H,5H2,1-4H3,(H,20,21). The molecule has 2 rings (SSSR count). The molecule has 1 N–H and O–H groups in total.